The number of nitro benzene ring substituents is 1. The van der Waals surface area contributed by atoms with Crippen LogP contribution < -0.4 is 10.1 Å². The van der Waals surface area contributed by atoms with E-state index in [0.29, 0.717) is 17.1 Å². The van der Waals surface area contributed by atoms with E-state index in [4.69, 9.17) is 4.74 Å². The van der Waals surface area contributed by atoms with Gasteiger partial charge in [0.25, 0.3) is 5.69 Å². The van der Waals surface area contributed by atoms with Gasteiger partial charge in [0.05, 0.1) is 17.7 Å². The van der Waals surface area contributed by atoms with Crippen molar-refractivity contribution < 1.29 is 9.66 Å². The topological polar surface area (TPSA) is 64.4 Å². The van der Waals surface area contributed by atoms with Crippen molar-refractivity contribution in [1.82, 2.24) is 0 Å². The van der Waals surface area contributed by atoms with Gasteiger partial charge in [-0.3, -0.25) is 10.1 Å². The molecule has 0 spiro atoms. The third kappa shape index (κ3) is 3.03. The minimum absolute atomic E-state index is 0.00843. The van der Waals surface area contributed by atoms with Crippen LogP contribution >= 0.6 is 15.9 Å². The molecule has 5 nitrogen and oxygen atoms in total. The van der Waals surface area contributed by atoms with Gasteiger partial charge >= 0.3 is 0 Å². The van der Waals surface area contributed by atoms with Crippen LogP contribution in [0.5, 0.6) is 5.75 Å². The maximum atomic E-state index is 11.0. The average molecular weight is 323 g/mol. The zero-order valence-corrected chi connectivity index (χ0v) is 11.7. The third-order valence-corrected chi connectivity index (χ3v) is 3.02. The molecule has 2 aromatic carbocycles. The summed E-state index contributed by atoms with van der Waals surface area (Å²) in [5.74, 6) is 0.622. The molecule has 0 unspecified atom stereocenters. The number of anilines is 2. The Hall–Kier alpha value is -2.08. The van der Waals surface area contributed by atoms with E-state index in [-0.39, 0.29) is 5.69 Å². The summed E-state index contributed by atoms with van der Waals surface area (Å²) in [4.78, 5) is 10.6. The van der Waals surface area contributed by atoms with Gasteiger partial charge in [0.2, 0.25) is 0 Å². The lowest BCUT2D eigenvalue weighted by Crippen LogP contribution is -1.98. The highest BCUT2D eigenvalue weighted by molar-refractivity contribution is 9.10. The summed E-state index contributed by atoms with van der Waals surface area (Å²) >= 11 is 3.30. The van der Waals surface area contributed by atoms with Gasteiger partial charge in [0.1, 0.15) is 11.4 Å². The third-order valence-electron chi connectivity index (χ3n) is 2.53. The van der Waals surface area contributed by atoms with E-state index in [1.807, 2.05) is 12.1 Å². The van der Waals surface area contributed by atoms with E-state index in [1.165, 1.54) is 6.07 Å². The lowest BCUT2D eigenvalue weighted by Gasteiger charge is -2.11. The number of benzene rings is 2. The highest BCUT2D eigenvalue weighted by atomic mass is 79.9. The largest absolute Gasteiger partial charge is 0.495 e. The quantitative estimate of drug-likeness (QED) is 0.679. The molecule has 0 aliphatic heterocycles. The molecule has 0 bridgehead atoms. The average Bonchev–Trinajstić information content (AvgIpc) is 2.39. The maximum absolute atomic E-state index is 11.0. The molecular formula is C13H11BrN2O3. The molecule has 0 saturated heterocycles. The number of para-hydroxylation sites is 2. The SMILES string of the molecule is COc1ccccc1Nc1cc(Br)ccc1[N+](=O)[O-]. The number of ether oxygens (including phenoxy) is 1. The lowest BCUT2D eigenvalue weighted by atomic mass is 10.2. The number of nitrogens with zero attached hydrogens (tertiary/aromatic N) is 1. The number of hydrogen-bond donors (Lipinski definition) is 1. The Morgan fingerprint density at radius 3 is 2.63 bits per heavy atom. The van der Waals surface area contributed by atoms with Gasteiger partial charge in [0, 0.05) is 10.5 Å². The zero-order valence-electron chi connectivity index (χ0n) is 10.1. The first-order chi connectivity index (χ1) is 9.11. The molecule has 19 heavy (non-hydrogen) atoms. The van der Waals surface area contributed by atoms with Crippen molar-refractivity contribution in [3.8, 4) is 5.75 Å². The molecule has 0 heterocycles. The summed E-state index contributed by atoms with van der Waals surface area (Å²) in [5.41, 5.74) is 1.09. The van der Waals surface area contributed by atoms with Gasteiger partial charge in [-0.15, -0.1) is 0 Å². The van der Waals surface area contributed by atoms with Crippen LogP contribution in [0, 0.1) is 10.1 Å². The summed E-state index contributed by atoms with van der Waals surface area (Å²) in [6, 6.07) is 12.0. The highest BCUT2D eigenvalue weighted by Crippen LogP contribution is 2.33. The first-order valence-electron chi connectivity index (χ1n) is 5.46. The monoisotopic (exact) mass is 322 g/mol. The summed E-state index contributed by atoms with van der Waals surface area (Å²) in [6.45, 7) is 0. The van der Waals surface area contributed by atoms with Crippen LogP contribution in [0.4, 0.5) is 17.1 Å². The summed E-state index contributed by atoms with van der Waals surface area (Å²) in [7, 11) is 1.55. The number of nitrogens with one attached hydrogen (secondary N) is 1. The molecule has 0 radical (unpaired) electrons. The smallest absolute Gasteiger partial charge is 0.292 e. The molecule has 0 atom stereocenters. The van der Waals surface area contributed by atoms with E-state index in [2.05, 4.69) is 21.2 Å². The van der Waals surface area contributed by atoms with E-state index in [0.717, 1.165) is 4.47 Å². The van der Waals surface area contributed by atoms with Gasteiger partial charge in [-0.25, -0.2) is 0 Å². The van der Waals surface area contributed by atoms with E-state index in [1.54, 1.807) is 31.4 Å². The second kappa shape index (κ2) is 5.71. The van der Waals surface area contributed by atoms with Crippen LogP contribution in [0.3, 0.4) is 0 Å². The van der Waals surface area contributed by atoms with Crippen molar-refractivity contribution in [2.24, 2.45) is 0 Å². The zero-order chi connectivity index (χ0) is 13.8. The molecule has 0 aliphatic carbocycles. The van der Waals surface area contributed by atoms with Crippen molar-refractivity contribution in [2.75, 3.05) is 12.4 Å². The second-order valence-corrected chi connectivity index (χ2v) is 4.66. The fraction of sp³-hybridized carbons (Fsp3) is 0.0769. The van der Waals surface area contributed by atoms with Crippen LogP contribution in [0.2, 0.25) is 0 Å². The lowest BCUT2D eigenvalue weighted by molar-refractivity contribution is -0.383. The number of nitro groups is 1. The molecule has 0 aliphatic rings. The van der Waals surface area contributed by atoms with Crippen LogP contribution in [0.15, 0.2) is 46.9 Å². The number of halogens is 1. The number of hydrogen-bond acceptors (Lipinski definition) is 4. The Morgan fingerprint density at radius 1 is 1.21 bits per heavy atom. The normalized spacial score (nSPS) is 10.0. The van der Waals surface area contributed by atoms with Crippen molar-refractivity contribution in [3.05, 3.63) is 57.1 Å². The Kier molecular flexibility index (Phi) is 4.01. The number of rotatable bonds is 4. The molecule has 2 aromatic rings. The van der Waals surface area contributed by atoms with Gasteiger partial charge in [0.15, 0.2) is 0 Å². The molecular weight excluding hydrogens is 312 g/mol. The molecule has 0 aromatic heterocycles. The Balaban J connectivity index is 2.42. The van der Waals surface area contributed by atoms with E-state index < -0.39 is 4.92 Å². The summed E-state index contributed by atoms with van der Waals surface area (Å²) in [5, 5.41) is 14.0. The minimum Gasteiger partial charge on any atom is -0.495 e. The van der Waals surface area contributed by atoms with E-state index in [9.17, 15) is 10.1 Å². The summed E-state index contributed by atoms with van der Waals surface area (Å²) < 4.78 is 5.96. The molecule has 0 saturated carbocycles. The highest BCUT2D eigenvalue weighted by Gasteiger charge is 2.15. The number of methoxy groups -OCH3 is 1. The Labute approximate surface area is 118 Å². The molecule has 2 rings (SSSR count). The maximum Gasteiger partial charge on any atom is 0.292 e. The Morgan fingerprint density at radius 2 is 1.95 bits per heavy atom. The van der Waals surface area contributed by atoms with Crippen molar-refractivity contribution in [2.45, 2.75) is 0 Å². The van der Waals surface area contributed by atoms with Crippen molar-refractivity contribution in [1.29, 1.82) is 0 Å². The van der Waals surface area contributed by atoms with Crippen LogP contribution in [-0.2, 0) is 0 Å². The standard InChI is InChI=1S/C13H11BrN2O3/c1-19-13-5-3-2-4-10(13)15-11-8-9(14)6-7-12(11)16(17)18/h2-8,15H,1H3. The van der Waals surface area contributed by atoms with Gasteiger partial charge in [-0.2, -0.15) is 0 Å². The van der Waals surface area contributed by atoms with Gasteiger partial charge in [-0.05, 0) is 24.3 Å². The van der Waals surface area contributed by atoms with Crippen LogP contribution in [0.25, 0.3) is 0 Å². The first kappa shape index (κ1) is 13.4. The molecule has 6 heteroatoms. The second-order valence-electron chi connectivity index (χ2n) is 3.74. The molecule has 0 fully saturated rings. The van der Waals surface area contributed by atoms with Gasteiger partial charge < -0.3 is 10.1 Å². The summed E-state index contributed by atoms with van der Waals surface area (Å²) in [6.07, 6.45) is 0. The Bertz CT molecular complexity index is 617. The van der Waals surface area contributed by atoms with E-state index >= 15 is 0 Å². The first-order valence-corrected chi connectivity index (χ1v) is 6.25. The van der Waals surface area contributed by atoms with Crippen LogP contribution in [0.1, 0.15) is 0 Å². The minimum atomic E-state index is -0.426. The van der Waals surface area contributed by atoms with Crippen molar-refractivity contribution in [3.63, 3.8) is 0 Å². The molecule has 98 valence electrons. The molecule has 0 amide bonds. The molecule has 1 N–H and O–H groups in total. The fourth-order valence-electron chi connectivity index (χ4n) is 1.66. The van der Waals surface area contributed by atoms with Gasteiger partial charge in [-0.1, -0.05) is 28.1 Å². The van der Waals surface area contributed by atoms with Crippen molar-refractivity contribution >= 4 is 33.0 Å². The predicted molar refractivity (Wildman–Crippen MR) is 77.1 cm³/mol. The van der Waals surface area contributed by atoms with Crippen LogP contribution in [-0.4, -0.2) is 12.0 Å². The fourth-order valence-corrected chi connectivity index (χ4v) is 2.02. The predicted octanol–water partition coefficient (Wildman–Crippen LogP) is 4.11.